The summed E-state index contributed by atoms with van der Waals surface area (Å²) in [6, 6.07) is 5.00. The van der Waals surface area contributed by atoms with Gasteiger partial charge in [0.2, 0.25) is 0 Å². The average molecular weight is 288 g/mol. The number of rotatable bonds is 4. The Labute approximate surface area is 103 Å². The molecule has 0 radical (unpaired) electrons. The molecule has 1 fully saturated rings. The molecule has 16 heavy (non-hydrogen) atoms. The van der Waals surface area contributed by atoms with Gasteiger partial charge < -0.3 is 10.1 Å². The van der Waals surface area contributed by atoms with E-state index in [-0.39, 0.29) is 11.2 Å². The maximum atomic E-state index is 13.4. The summed E-state index contributed by atoms with van der Waals surface area (Å²) < 4.78 is 19.5. The van der Waals surface area contributed by atoms with Crippen LogP contribution in [0.2, 0.25) is 0 Å². The summed E-state index contributed by atoms with van der Waals surface area (Å²) >= 11 is 3.34. The van der Waals surface area contributed by atoms with E-state index in [4.69, 9.17) is 4.74 Å². The molecule has 88 valence electrons. The lowest BCUT2D eigenvalue weighted by molar-refractivity contribution is -0.0991. The van der Waals surface area contributed by atoms with Crippen molar-refractivity contribution in [1.82, 2.24) is 5.32 Å². The molecule has 1 aliphatic heterocycles. The third-order valence-electron chi connectivity index (χ3n) is 2.78. The van der Waals surface area contributed by atoms with Gasteiger partial charge in [-0.05, 0) is 18.2 Å². The van der Waals surface area contributed by atoms with Gasteiger partial charge in [0.15, 0.2) is 0 Å². The molecule has 2 rings (SSSR count). The number of hydrogen-bond acceptors (Lipinski definition) is 2. The highest BCUT2D eigenvalue weighted by Gasteiger charge is 2.32. The quantitative estimate of drug-likeness (QED) is 0.919. The van der Waals surface area contributed by atoms with E-state index in [2.05, 4.69) is 28.2 Å². The predicted molar refractivity (Wildman–Crippen MR) is 64.7 cm³/mol. The molecule has 4 heteroatoms. The summed E-state index contributed by atoms with van der Waals surface area (Å²) in [6.45, 7) is 5.17. The predicted octanol–water partition coefficient (Wildman–Crippen LogP) is 2.71. The molecule has 1 aliphatic rings. The Hall–Kier alpha value is -0.450. The van der Waals surface area contributed by atoms with E-state index in [0.717, 1.165) is 24.2 Å². The number of ether oxygens (including phenoxy) is 1. The van der Waals surface area contributed by atoms with Crippen molar-refractivity contribution < 1.29 is 9.13 Å². The molecule has 0 spiro atoms. The zero-order valence-corrected chi connectivity index (χ0v) is 10.8. The molecule has 0 amide bonds. The molecular weight excluding hydrogens is 273 g/mol. The van der Waals surface area contributed by atoms with Crippen LogP contribution in [-0.4, -0.2) is 19.8 Å². The van der Waals surface area contributed by atoms with Gasteiger partial charge in [0, 0.05) is 28.5 Å². The van der Waals surface area contributed by atoms with Gasteiger partial charge in [0.1, 0.15) is 5.82 Å². The fourth-order valence-corrected chi connectivity index (χ4v) is 2.14. The van der Waals surface area contributed by atoms with Gasteiger partial charge in [0.25, 0.3) is 0 Å². The Kier molecular flexibility index (Phi) is 3.62. The van der Waals surface area contributed by atoms with Gasteiger partial charge in [-0.15, -0.1) is 0 Å². The van der Waals surface area contributed by atoms with Gasteiger partial charge >= 0.3 is 0 Å². The Morgan fingerprint density at radius 3 is 2.88 bits per heavy atom. The topological polar surface area (TPSA) is 21.3 Å². The summed E-state index contributed by atoms with van der Waals surface area (Å²) in [4.78, 5) is 0. The third kappa shape index (κ3) is 2.81. The Morgan fingerprint density at radius 2 is 2.25 bits per heavy atom. The second-order valence-electron chi connectivity index (χ2n) is 4.64. The van der Waals surface area contributed by atoms with Crippen LogP contribution in [0.5, 0.6) is 0 Å². The molecule has 0 aromatic heterocycles. The number of nitrogens with one attached hydrogen (secondary N) is 1. The smallest absolute Gasteiger partial charge is 0.127 e. The van der Waals surface area contributed by atoms with E-state index in [1.807, 2.05) is 6.07 Å². The second kappa shape index (κ2) is 4.82. The van der Waals surface area contributed by atoms with Gasteiger partial charge in [-0.2, -0.15) is 0 Å². The highest BCUT2D eigenvalue weighted by Crippen LogP contribution is 2.25. The summed E-state index contributed by atoms with van der Waals surface area (Å²) in [5, 5.41) is 3.27. The Balaban J connectivity index is 1.87. The van der Waals surface area contributed by atoms with Crippen LogP contribution in [0.25, 0.3) is 0 Å². The molecular formula is C12H15BrFNO. The fourth-order valence-electron chi connectivity index (χ4n) is 1.73. The van der Waals surface area contributed by atoms with Crippen LogP contribution in [0, 0.1) is 11.2 Å². The maximum Gasteiger partial charge on any atom is 0.127 e. The van der Waals surface area contributed by atoms with Crippen molar-refractivity contribution >= 4 is 15.9 Å². The molecule has 1 saturated heterocycles. The van der Waals surface area contributed by atoms with Crippen LogP contribution < -0.4 is 5.32 Å². The largest absolute Gasteiger partial charge is 0.380 e. The monoisotopic (exact) mass is 287 g/mol. The lowest BCUT2D eigenvalue weighted by atomic mass is 9.89. The van der Waals surface area contributed by atoms with Crippen LogP contribution in [0.1, 0.15) is 12.5 Å². The van der Waals surface area contributed by atoms with E-state index in [0.29, 0.717) is 12.1 Å². The molecule has 1 aromatic carbocycles. The summed E-state index contributed by atoms with van der Waals surface area (Å²) in [7, 11) is 0. The normalized spacial score (nSPS) is 18.2. The standard InChI is InChI=1S/C12H15BrFNO/c1-12(7-16-8-12)6-15-5-9-4-10(13)2-3-11(9)14/h2-4,15H,5-8H2,1H3. The number of hydrogen-bond donors (Lipinski definition) is 1. The molecule has 2 nitrogen and oxygen atoms in total. The van der Waals surface area contributed by atoms with Gasteiger partial charge in [-0.3, -0.25) is 0 Å². The summed E-state index contributed by atoms with van der Waals surface area (Å²) in [5.41, 5.74) is 0.917. The lowest BCUT2D eigenvalue weighted by Gasteiger charge is -2.38. The van der Waals surface area contributed by atoms with Crippen molar-refractivity contribution in [1.29, 1.82) is 0 Å². The van der Waals surface area contributed by atoms with Crippen molar-refractivity contribution in [2.24, 2.45) is 5.41 Å². The third-order valence-corrected chi connectivity index (χ3v) is 3.27. The second-order valence-corrected chi connectivity index (χ2v) is 5.56. The minimum atomic E-state index is -0.161. The van der Waals surface area contributed by atoms with E-state index in [1.54, 1.807) is 6.07 Å². The highest BCUT2D eigenvalue weighted by atomic mass is 79.9. The van der Waals surface area contributed by atoms with E-state index < -0.39 is 0 Å². The van der Waals surface area contributed by atoms with Crippen LogP contribution in [-0.2, 0) is 11.3 Å². The Bertz CT molecular complexity index is 379. The van der Waals surface area contributed by atoms with Crippen LogP contribution in [0.4, 0.5) is 4.39 Å². The summed E-state index contributed by atoms with van der Waals surface area (Å²) in [6.07, 6.45) is 0. The molecule has 0 aliphatic carbocycles. The molecule has 0 unspecified atom stereocenters. The Morgan fingerprint density at radius 1 is 1.50 bits per heavy atom. The van der Waals surface area contributed by atoms with Crippen molar-refractivity contribution in [3.63, 3.8) is 0 Å². The van der Waals surface area contributed by atoms with E-state index in [9.17, 15) is 4.39 Å². The van der Waals surface area contributed by atoms with Gasteiger partial charge in [-0.25, -0.2) is 4.39 Å². The molecule has 1 aromatic rings. The average Bonchev–Trinajstić information content (AvgIpc) is 2.21. The van der Waals surface area contributed by atoms with Crippen LogP contribution in [0.15, 0.2) is 22.7 Å². The van der Waals surface area contributed by atoms with Crippen LogP contribution in [0.3, 0.4) is 0 Å². The first-order chi connectivity index (χ1) is 7.59. The van der Waals surface area contributed by atoms with E-state index >= 15 is 0 Å². The maximum absolute atomic E-state index is 13.4. The molecule has 0 saturated carbocycles. The van der Waals surface area contributed by atoms with Crippen molar-refractivity contribution in [3.05, 3.63) is 34.1 Å². The molecule has 0 bridgehead atoms. The number of benzene rings is 1. The summed E-state index contributed by atoms with van der Waals surface area (Å²) in [5.74, 6) is -0.161. The van der Waals surface area contributed by atoms with Crippen molar-refractivity contribution in [2.45, 2.75) is 13.5 Å². The minimum Gasteiger partial charge on any atom is -0.380 e. The lowest BCUT2D eigenvalue weighted by Crippen LogP contribution is -2.47. The molecule has 1 heterocycles. The first kappa shape index (κ1) is 12.0. The minimum absolute atomic E-state index is 0.161. The zero-order valence-electron chi connectivity index (χ0n) is 9.22. The zero-order chi connectivity index (χ0) is 11.6. The number of halogens is 2. The van der Waals surface area contributed by atoms with Crippen molar-refractivity contribution in [2.75, 3.05) is 19.8 Å². The SMILES string of the molecule is CC1(CNCc2cc(Br)ccc2F)COC1. The van der Waals surface area contributed by atoms with E-state index in [1.165, 1.54) is 6.07 Å². The highest BCUT2D eigenvalue weighted by molar-refractivity contribution is 9.10. The van der Waals surface area contributed by atoms with Gasteiger partial charge in [0.05, 0.1) is 13.2 Å². The molecule has 1 N–H and O–H groups in total. The first-order valence-electron chi connectivity index (χ1n) is 5.31. The van der Waals surface area contributed by atoms with Crippen molar-refractivity contribution in [3.8, 4) is 0 Å². The van der Waals surface area contributed by atoms with Gasteiger partial charge in [-0.1, -0.05) is 22.9 Å². The fraction of sp³-hybridized carbons (Fsp3) is 0.500. The molecule has 0 atom stereocenters. The van der Waals surface area contributed by atoms with Crippen LogP contribution >= 0.6 is 15.9 Å². The first-order valence-corrected chi connectivity index (χ1v) is 6.11.